The molecule has 0 aliphatic rings. The second kappa shape index (κ2) is 6.98. The molecular formula is C11H18N2O3S2. The van der Waals surface area contributed by atoms with Gasteiger partial charge in [-0.3, -0.25) is 0 Å². The van der Waals surface area contributed by atoms with Crippen LogP contribution in [0.4, 0.5) is 5.69 Å². The molecule has 5 nitrogen and oxygen atoms in total. The summed E-state index contributed by atoms with van der Waals surface area (Å²) >= 11 is 1.53. The van der Waals surface area contributed by atoms with Crippen molar-refractivity contribution in [3.8, 4) is 0 Å². The van der Waals surface area contributed by atoms with Crippen LogP contribution in [0.15, 0.2) is 28.0 Å². The predicted octanol–water partition coefficient (Wildman–Crippen LogP) is 1.31. The van der Waals surface area contributed by atoms with Crippen LogP contribution in [0.3, 0.4) is 0 Å². The van der Waals surface area contributed by atoms with Gasteiger partial charge in [-0.1, -0.05) is 0 Å². The summed E-state index contributed by atoms with van der Waals surface area (Å²) in [6.45, 7) is 0.682. The number of hydrogen-bond acceptors (Lipinski definition) is 5. The Kier molecular flexibility index (Phi) is 5.94. The average molecular weight is 290 g/mol. The van der Waals surface area contributed by atoms with Crippen LogP contribution >= 0.6 is 11.8 Å². The molecule has 0 bridgehead atoms. The summed E-state index contributed by atoms with van der Waals surface area (Å²) in [7, 11) is -0.378. The first-order valence-corrected chi connectivity index (χ1v) is 7.93. The lowest BCUT2D eigenvalue weighted by Crippen LogP contribution is -2.18. The molecule has 0 fully saturated rings. The molecule has 18 heavy (non-hydrogen) atoms. The average Bonchev–Trinajstić information content (AvgIpc) is 2.36. The summed E-state index contributed by atoms with van der Waals surface area (Å²) in [5, 5.41) is 0. The zero-order valence-electron chi connectivity index (χ0n) is 10.5. The Labute approximate surface area is 112 Å². The van der Waals surface area contributed by atoms with Crippen molar-refractivity contribution in [2.24, 2.45) is 0 Å². The highest BCUT2D eigenvalue weighted by atomic mass is 32.2. The van der Waals surface area contributed by atoms with E-state index in [1.807, 2.05) is 0 Å². The molecular weight excluding hydrogens is 272 g/mol. The van der Waals surface area contributed by atoms with Crippen molar-refractivity contribution < 1.29 is 13.2 Å². The van der Waals surface area contributed by atoms with Crippen LogP contribution in [0.2, 0.25) is 0 Å². The van der Waals surface area contributed by atoms with Gasteiger partial charge in [-0.15, -0.1) is 11.8 Å². The summed E-state index contributed by atoms with van der Waals surface area (Å²) in [5.41, 5.74) is 6.41. The van der Waals surface area contributed by atoms with Crippen molar-refractivity contribution in [3.05, 3.63) is 18.2 Å². The van der Waals surface area contributed by atoms with Crippen LogP contribution in [0.1, 0.15) is 6.42 Å². The maximum absolute atomic E-state index is 11.7. The zero-order chi connectivity index (χ0) is 13.6. The summed E-state index contributed by atoms with van der Waals surface area (Å²) in [4.78, 5) is 1.01. The molecule has 0 aliphatic heterocycles. The zero-order valence-corrected chi connectivity index (χ0v) is 12.1. The lowest BCUT2D eigenvalue weighted by atomic mass is 10.3. The number of rotatable bonds is 7. The number of thioether (sulfide) groups is 1. The molecule has 0 atom stereocenters. The van der Waals surface area contributed by atoms with Crippen LogP contribution < -0.4 is 10.5 Å². The number of hydrogen-bond donors (Lipinski definition) is 2. The lowest BCUT2D eigenvalue weighted by molar-refractivity contribution is 0.200. The van der Waals surface area contributed by atoms with Crippen molar-refractivity contribution in [1.82, 2.24) is 4.72 Å². The largest absolute Gasteiger partial charge is 0.398 e. The van der Waals surface area contributed by atoms with Gasteiger partial charge in [0.2, 0.25) is 10.0 Å². The maximum atomic E-state index is 11.7. The SMILES string of the molecule is CNS(=O)(=O)c1ccc(N)c(SCCCOC)c1. The number of methoxy groups -OCH3 is 1. The molecule has 7 heteroatoms. The van der Waals surface area contributed by atoms with E-state index in [-0.39, 0.29) is 4.90 Å². The smallest absolute Gasteiger partial charge is 0.240 e. The summed E-state index contributed by atoms with van der Waals surface area (Å²) in [6.07, 6.45) is 0.892. The first-order chi connectivity index (χ1) is 8.51. The molecule has 0 spiro atoms. The lowest BCUT2D eigenvalue weighted by Gasteiger charge is -2.08. The second-order valence-corrected chi connectivity index (χ2v) is 6.63. The van der Waals surface area contributed by atoms with E-state index in [9.17, 15) is 8.42 Å². The van der Waals surface area contributed by atoms with E-state index >= 15 is 0 Å². The second-order valence-electron chi connectivity index (χ2n) is 3.60. The molecule has 0 radical (unpaired) electrons. The van der Waals surface area contributed by atoms with Gasteiger partial charge in [0.05, 0.1) is 4.90 Å². The van der Waals surface area contributed by atoms with Gasteiger partial charge in [0.1, 0.15) is 0 Å². The Morgan fingerprint density at radius 3 is 2.78 bits per heavy atom. The highest BCUT2D eigenvalue weighted by Gasteiger charge is 2.13. The first-order valence-electron chi connectivity index (χ1n) is 5.46. The normalized spacial score (nSPS) is 11.7. The van der Waals surface area contributed by atoms with Gasteiger partial charge >= 0.3 is 0 Å². The number of sulfonamides is 1. The van der Waals surface area contributed by atoms with E-state index in [4.69, 9.17) is 10.5 Å². The third kappa shape index (κ3) is 4.16. The van der Waals surface area contributed by atoms with E-state index in [2.05, 4.69) is 4.72 Å². The van der Waals surface area contributed by atoms with Crippen LogP contribution in [0.25, 0.3) is 0 Å². The molecule has 0 aromatic heterocycles. The van der Waals surface area contributed by atoms with Gasteiger partial charge in [-0.25, -0.2) is 13.1 Å². The molecule has 1 rings (SSSR count). The number of anilines is 1. The maximum Gasteiger partial charge on any atom is 0.240 e. The molecule has 0 heterocycles. The van der Waals surface area contributed by atoms with Crippen molar-refractivity contribution in [2.75, 3.05) is 32.3 Å². The number of nitrogens with two attached hydrogens (primary N) is 1. The molecule has 0 unspecified atom stereocenters. The molecule has 0 saturated heterocycles. The van der Waals surface area contributed by atoms with Crippen molar-refractivity contribution in [2.45, 2.75) is 16.2 Å². The minimum Gasteiger partial charge on any atom is -0.398 e. The van der Waals surface area contributed by atoms with E-state index in [0.29, 0.717) is 12.3 Å². The number of ether oxygens (including phenoxy) is 1. The Balaban J connectivity index is 2.82. The van der Waals surface area contributed by atoms with Crippen LogP contribution in [0.5, 0.6) is 0 Å². The predicted molar refractivity (Wildman–Crippen MR) is 74.3 cm³/mol. The fourth-order valence-electron chi connectivity index (χ4n) is 1.31. The molecule has 0 amide bonds. The molecule has 102 valence electrons. The Morgan fingerprint density at radius 1 is 1.44 bits per heavy atom. The topological polar surface area (TPSA) is 81.4 Å². The molecule has 1 aromatic carbocycles. The van der Waals surface area contributed by atoms with E-state index in [1.54, 1.807) is 19.2 Å². The molecule has 1 aromatic rings. The van der Waals surface area contributed by atoms with Crippen molar-refractivity contribution >= 4 is 27.5 Å². The summed E-state index contributed by atoms with van der Waals surface area (Å²) in [6, 6.07) is 4.71. The Bertz CT molecular complexity index is 489. The molecule has 0 saturated carbocycles. The quantitative estimate of drug-likeness (QED) is 0.449. The number of nitrogen functional groups attached to an aromatic ring is 1. The standard InChI is InChI=1S/C11H18N2O3S2/c1-13-18(14,15)9-4-5-10(12)11(8-9)17-7-3-6-16-2/h4-5,8,13H,3,6-7,12H2,1-2H3. The summed E-state index contributed by atoms with van der Waals surface area (Å²) in [5.74, 6) is 0.834. The van der Waals surface area contributed by atoms with Gasteiger partial charge in [0, 0.05) is 30.1 Å². The minimum atomic E-state index is -3.42. The Morgan fingerprint density at radius 2 is 2.17 bits per heavy atom. The fraction of sp³-hybridized carbons (Fsp3) is 0.455. The third-order valence-corrected chi connectivity index (χ3v) is 4.88. The highest BCUT2D eigenvalue weighted by Crippen LogP contribution is 2.28. The first kappa shape index (κ1) is 15.3. The van der Waals surface area contributed by atoms with Crippen LogP contribution in [-0.2, 0) is 14.8 Å². The van der Waals surface area contributed by atoms with E-state index in [0.717, 1.165) is 17.1 Å². The van der Waals surface area contributed by atoms with Gasteiger partial charge in [-0.05, 0) is 31.7 Å². The summed E-state index contributed by atoms with van der Waals surface area (Å²) < 4.78 is 30.6. The van der Waals surface area contributed by atoms with Gasteiger partial charge in [0.25, 0.3) is 0 Å². The Hall–Kier alpha value is -0.760. The fourth-order valence-corrected chi connectivity index (χ4v) is 3.07. The minimum absolute atomic E-state index is 0.230. The van der Waals surface area contributed by atoms with Crippen LogP contribution in [0, 0.1) is 0 Å². The third-order valence-electron chi connectivity index (χ3n) is 2.31. The molecule has 3 N–H and O–H groups in total. The van der Waals surface area contributed by atoms with Crippen LogP contribution in [-0.4, -0.2) is 34.9 Å². The monoisotopic (exact) mass is 290 g/mol. The number of benzene rings is 1. The van der Waals surface area contributed by atoms with Crippen molar-refractivity contribution in [3.63, 3.8) is 0 Å². The molecule has 0 aliphatic carbocycles. The highest BCUT2D eigenvalue weighted by molar-refractivity contribution is 7.99. The van der Waals surface area contributed by atoms with Gasteiger partial charge in [-0.2, -0.15) is 0 Å². The van der Waals surface area contributed by atoms with E-state index in [1.165, 1.54) is 24.9 Å². The van der Waals surface area contributed by atoms with Gasteiger partial charge < -0.3 is 10.5 Å². The van der Waals surface area contributed by atoms with Gasteiger partial charge in [0.15, 0.2) is 0 Å². The number of nitrogens with one attached hydrogen (secondary N) is 1. The van der Waals surface area contributed by atoms with E-state index < -0.39 is 10.0 Å². The van der Waals surface area contributed by atoms with Crippen molar-refractivity contribution in [1.29, 1.82) is 0 Å².